The van der Waals surface area contributed by atoms with Crippen LogP contribution in [-0.4, -0.2) is 23.5 Å². The van der Waals surface area contributed by atoms with Crippen molar-refractivity contribution in [2.75, 3.05) is 0 Å². The highest BCUT2D eigenvalue weighted by molar-refractivity contribution is 5.71. The van der Waals surface area contributed by atoms with Crippen molar-refractivity contribution in [2.24, 2.45) is 5.92 Å². The molecule has 1 amide bonds. The molecule has 0 aromatic heterocycles. The van der Waals surface area contributed by atoms with Gasteiger partial charge in [-0.3, -0.25) is 0 Å². The maximum absolute atomic E-state index is 10.2. The fourth-order valence-electron chi connectivity index (χ4n) is 0.500. The SMILES string of the molecule is CC(C)[C@H](C=O)NC(=O)O. The third-order valence-electron chi connectivity index (χ3n) is 1.15. The van der Waals surface area contributed by atoms with E-state index < -0.39 is 12.1 Å². The van der Waals surface area contributed by atoms with Gasteiger partial charge in [-0.1, -0.05) is 13.8 Å². The van der Waals surface area contributed by atoms with Gasteiger partial charge in [0.05, 0.1) is 6.04 Å². The number of nitrogens with one attached hydrogen (secondary N) is 1. The number of aldehydes is 1. The smallest absolute Gasteiger partial charge is 0.405 e. The van der Waals surface area contributed by atoms with E-state index in [9.17, 15) is 9.59 Å². The van der Waals surface area contributed by atoms with Crippen molar-refractivity contribution in [1.82, 2.24) is 5.32 Å². The molecule has 0 aromatic carbocycles. The normalized spacial score (nSPS) is 12.7. The van der Waals surface area contributed by atoms with Gasteiger partial charge in [0.2, 0.25) is 0 Å². The van der Waals surface area contributed by atoms with E-state index in [0.717, 1.165) is 0 Å². The van der Waals surface area contributed by atoms with Crippen LogP contribution < -0.4 is 5.32 Å². The van der Waals surface area contributed by atoms with E-state index in [1.165, 1.54) is 0 Å². The largest absolute Gasteiger partial charge is 0.465 e. The summed E-state index contributed by atoms with van der Waals surface area (Å²) < 4.78 is 0. The van der Waals surface area contributed by atoms with Crippen molar-refractivity contribution >= 4 is 12.4 Å². The Morgan fingerprint density at radius 3 is 2.20 bits per heavy atom. The summed E-state index contributed by atoms with van der Waals surface area (Å²) in [5.41, 5.74) is 0. The minimum Gasteiger partial charge on any atom is -0.465 e. The van der Waals surface area contributed by atoms with Crippen LogP contribution in [0.2, 0.25) is 0 Å². The lowest BCUT2D eigenvalue weighted by Crippen LogP contribution is -2.38. The third kappa shape index (κ3) is 3.06. The molecule has 0 aliphatic heterocycles. The minimum absolute atomic E-state index is 0.00796. The van der Waals surface area contributed by atoms with Gasteiger partial charge in [0.25, 0.3) is 0 Å². The van der Waals surface area contributed by atoms with Gasteiger partial charge in [-0.25, -0.2) is 4.79 Å². The molecule has 0 fully saturated rings. The molecule has 1 atom stereocenters. The van der Waals surface area contributed by atoms with Crippen LogP contribution in [-0.2, 0) is 4.79 Å². The number of hydrogen-bond donors (Lipinski definition) is 2. The lowest BCUT2D eigenvalue weighted by Gasteiger charge is -2.12. The Bertz CT molecular complexity index is 133. The number of rotatable bonds is 3. The predicted molar refractivity (Wildman–Crippen MR) is 35.9 cm³/mol. The van der Waals surface area contributed by atoms with Crippen molar-refractivity contribution in [3.8, 4) is 0 Å². The average Bonchev–Trinajstić information content (AvgIpc) is 1.81. The van der Waals surface area contributed by atoms with Gasteiger partial charge in [0, 0.05) is 0 Å². The second-order valence-corrected chi connectivity index (χ2v) is 2.36. The number of carbonyl (C=O) groups excluding carboxylic acids is 1. The summed E-state index contributed by atoms with van der Waals surface area (Å²) in [6, 6.07) is -0.586. The Kier molecular flexibility index (Phi) is 3.46. The topological polar surface area (TPSA) is 66.4 Å². The van der Waals surface area contributed by atoms with Gasteiger partial charge in [-0.2, -0.15) is 0 Å². The second kappa shape index (κ2) is 3.87. The number of carboxylic acid groups (broad SMARTS) is 1. The molecule has 0 aliphatic carbocycles. The first kappa shape index (κ1) is 8.94. The molecule has 4 heteroatoms. The highest BCUT2D eigenvalue weighted by Gasteiger charge is 2.13. The van der Waals surface area contributed by atoms with Gasteiger partial charge >= 0.3 is 6.09 Å². The Morgan fingerprint density at radius 2 is 2.10 bits per heavy atom. The summed E-state index contributed by atoms with van der Waals surface area (Å²) in [5.74, 6) is 0.00796. The van der Waals surface area contributed by atoms with E-state index in [1.54, 1.807) is 13.8 Å². The highest BCUT2D eigenvalue weighted by Crippen LogP contribution is 1.97. The van der Waals surface area contributed by atoms with Crippen molar-refractivity contribution in [1.29, 1.82) is 0 Å². The Balaban J connectivity index is 3.83. The molecule has 0 heterocycles. The molecule has 58 valence electrons. The molecule has 0 aromatic rings. The zero-order valence-corrected chi connectivity index (χ0v) is 6.00. The van der Waals surface area contributed by atoms with Crippen LogP contribution in [0, 0.1) is 5.92 Å². The molecule has 0 rings (SSSR count). The van der Waals surface area contributed by atoms with Gasteiger partial charge in [0.15, 0.2) is 0 Å². The minimum atomic E-state index is -1.16. The Labute approximate surface area is 59.2 Å². The van der Waals surface area contributed by atoms with Crippen LogP contribution in [0.5, 0.6) is 0 Å². The molecule has 0 bridgehead atoms. The van der Waals surface area contributed by atoms with Crippen molar-refractivity contribution in [3.05, 3.63) is 0 Å². The molecular formula is C6H11NO3. The third-order valence-corrected chi connectivity index (χ3v) is 1.15. The first-order valence-corrected chi connectivity index (χ1v) is 3.02. The molecule has 0 unspecified atom stereocenters. The maximum Gasteiger partial charge on any atom is 0.405 e. The molecule has 0 spiro atoms. The van der Waals surface area contributed by atoms with E-state index >= 15 is 0 Å². The van der Waals surface area contributed by atoms with Gasteiger partial charge in [-0.05, 0) is 5.92 Å². The van der Waals surface area contributed by atoms with Crippen molar-refractivity contribution in [2.45, 2.75) is 19.9 Å². The Morgan fingerprint density at radius 1 is 1.60 bits per heavy atom. The fraction of sp³-hybridized carbons (Fsp3) is 0.667. The van der Waals surface area contributed by atoms with E-state index in [0.29, 0.717) is 6.29 Å². The van der Waals surface area contributed by atoms with Crippen molar-refractivity contribution < 1.29 is 14.7 Å². The van der Waals surface area contributed by atoms with Crippen LogP contribution >= 0.6 is 0 Å². The summed E-state index contributed by atoms with van der Waals surface area (Å²) in [5, 5.41) is 10.3. The summed E-state index contributed by atoms with van der Waals surface area (Å²) >= 11 is 0. The second-order valence-electron chi connectivity index (χ2n) is 2.36. The summed E-state index contributed by atoms with van der Waals surface area (Å²) in [4.78, 5) is 20.2. The quantitative estimate of drug-likeness (QED) is 0.567. The van der Waals surface area contributed by atoms with Crippen LogP contribution in [0.15, 0.2) is 0 Å². The zero-order chi connectivity index (χ0) is 8.15. The fourth-order valence-corrected chi connectivity index (χ4v) is 0.500. The monoisotopic (exact) mass is 145 g/mol. The molecule has 0 aliphatic rings. The van der Waals surface area contributed by atoms with E-state index in [2.05, 4.69) is 5.32 Å². The summed E-state index contributed by atoms with van der Waals surface area (Å²) in [7, 11) is 0. The molecule has 2 N–H and O–H groups in total. The Hall–Kier alpha value is -1.06. The predicted octanol–water partition coefficient (Wildman–Crippen LogP) is 0.478. The number of hydrogen-bond acceptors (Lipinski definition) is 2. The van der Waals surface area contributed by atoms with Crippen LogP contribution in [0.25, 0.3) is 0 Å². The number of amides is 1. The molecule has 4 nitrogen and oxygen atoms in total. The first-order valence-electron chi connectivity index (χ1n) is 3.02. The van der Waals surface area contributed by atoms with E-state index in [1.807, 2.05) is 0 Å². The highest BCUT2D eigenvalue weighted by atomic mass is 16.4. The average molecular weight is 145 g/mol. The lowest BCUT2D eigenvalue weighted by atomic mass is 10.1. The first-order chi connectivity index (χ1) is 4.57. The van der Waals surface area contributed by atoms with Crippen molar-refractivity contribution in [3.63, 3.8) is 0 Å². The summed E-state index contributed by atoms with van der Waals surface area (Å²) in [6.07, 6.45) is -0.565. The van der Waals surface area contributed by atoms with Crippen LogP contribution in [0.4, 0.5) is 4.79 Å². The molecule has 10 heavy (non-hydrogen) atoms. The van der Waals surface area contributed by atoms with Crippen LogP contribution in [0.3, 0.4) is 0 Å². The van der Waals surface area contributed by atoms with Gasteiger partial charge < -0.3 is 15.2 Å². The molecule has 0 saturated carbocycles. The summed E-state index contributed by atoms with van der Waals surface area (Å²) in [6.45, 7) is 3.55. The molecule has 0 saturated heterocycles. The maximum atomic E-state index is 10.2. The van der Waals surface area contributed by atoms with E-state index in [-0.39, 0.29) is 5.92 Å². The van der Waals surface area contributed by atoms with Crippen LogP contribution in [0.1, 0.15) is 13.8 Å². The van der Waals surface area contributed by atoms with Gasteiger partial charge in [-0.15, -0.1) is 0 Å². The lowest BCUT2D eigenvalue weighted by molar-refractivity contribution is -0.110. The van der Waals surface area contributed by atoms with Gasteiger partial charge in [0.1, 0.15) is 6.29 Å². The number of carbonyl (C=O) groups is 2. The molecule has 0 radical (unpaired) electrons. The van der Waals surface area contributed by atoms with E-state index in [4.69, 9.17) is 5.11 Å². The molecular weight excluding hydrogens is 134 g/mol. The standard InChI is InChI=1S/C6H11NO3/c1-4(2)5(3-8)7-6(9)10/h3-5,7H,1-2H3,(H,9,10)/t5-/m0/s1. The zero-order valence-electron chi connectivity index (χ0n) is 6.00.